The van der Waals surface area contributed by atoms with Crippen molar-refractivity contribution >= 4 is 56.6 Å². The molecule has 0 spiro atoms. The highest BCUT2D eigenvalue weighted by atomic mass is 79.9. The van der Waals surface area contributed by atoms with E-state index in [0.717, 1.165) is 0 Å². The second-order valence-corrected chi connectivity index (χ2v) is 39.6. The van der Waals surface area contributed by atoms with Crippen LogP contribution < -0.4 is 0 Å². The Balaban J connectivity index is 1.61. The van der Waals surface area contributed by atoms with E-state index >= 15 is 0 Å². The van der Waals surface area contributed by atoms with E-state index in [0.29, 0.717) is 0 Å². The zero-order valence-electron chi connectivity index (χ0n) is 33.2. The molecule has 0 saturated carbocycles. The Bertz CT molecular complexity index is 1990. The molecular weight excluding hydrogens is 829 g/mol. The Morgan fingerprint density at radius 3 is 0.717 bits per heavy atom. The summed E-state index contributed by atoms with van der Waals surface area (Å²) in [6, 6.07) is 32.5. The first-order valence-corrected chi connectivity index (χ1v) is 27.9. The monoisotopic (exact) mass is 876 g/mol. The molecule has 0 aromatic heterocycles. The van der Waals surface area contributed by atoms with Gasteiger partial charge in [-0.1, -0.05) is 138 Å². The van der Waals surface area contributed by atoms with Gasteiger partial charge in [-0.2, -0.15) is 0 Å². The number of benzene rings is 6. The first kappa shape index (κ1) is 39.9. The van der Waals surface area contributed by atoms with Gasteiger partial charge in [0, 0.05) is 9.79 Å². The summed E-state index contributed by atoms with van der Waals surface area (Å²) in [5, 5.41) is 0. The number of halogens is 2. The molecule has 53 heavy (non-hydrogen) atoms. The number of hydrogen-bond donors (Lipinski definition) is 0. The van der Waals surface area contributed by atoms with Crippen LogP contribution in [0.25, 0.3) is 44.5 Å². The van der Waals surface area contributed by atoms with Gasteiger partial charge in [-0.15, -0.1) is 22.4 Å². The van der Waals surface area contributed by atoms with E-state index in [1.165, 1.54) is 121 Å². The highest BCUT2D eigenvalue weighted by molar-refractivity contribution is 9.64. The first-order valence-electron chi connectivity index (χ1n) is 18.3. The van der Waals surface area contributed by atoms with Crippen LogP contribution in [0.4, 0.5) is 0 Å². The summed E-state index contributed by atoms with van der Waals surface area (Å²) < 4.78 is -2.57. The van der Waals surface area contributed by atoms with Crippen LogP contribution in [0.1, 0.15) is 66.8 Å². The summed E-state index contributed by atoms with van der Waals surface area (Å²) in [6.45, 7) is 26.9. The van der Waals surface area contributed by atoms with Crippen molar-refractivity contribution in [1.29, 1.82) is 0 Å². The molecule has 5 heteroatoms. The van der Waals surface area contributed by atoms with Crippen LogP contribution in [0.2, 0.25) is 0 Å². The Hall–Kier alpha value is -2.80. The van der Waals surface area contributed by atoms with Crippen molar-refractivity contribution in [3.8, 4) is 44.5 Å². The van der Waals surface area contributed by atoms with Gasteiger partial charge in [0.05, 0.1) is 0 Å². The number of hydrogen-bond acceptors (Lipinski definition) is 2. The van der Waals surface area contributed by atoms with Gasteiger partial charge in [0.25, 0.3) is 0 Å². The van der Waals surface area contributed by atoms with Crippen LogP contribution in [0, 0.1) is 83.1 Å². The number of rotatable bonds is 8. The molecular formula is C48H50Br2S2Si. The third kappa shape index (κ3) is 8.26. The van der Waals surface area contributed by atoms with Crippen molar-refractivity contribution in [2.75, 3.05) is 0 Å². The van der Waals surface area contributed by atoms with Gasteiger partial charge in [0.2, 0.25) is 0 Å². The highest BCUT2D eigenvalue weighted by Crippen LogP contribution is 2.58. The van der Waals surface area contributed by atoms with Gasteiger partial charge >= 0.3 is 3.61 Å². The predicted molar refractivity (Wildman–Crippen MR) is 247 cm³/mol. The van der Waals surface area contributed by atoms with Gasteiger partial charge in [0.1, 0.15) is 0 Å². The molecule has 0 unspecified atom stereocenters. The Morgan fingerprint density at radius 1 is 0.340 bits per heavy atom. The fourth-order valence-electron chi connectivity index (χ4n) is 8.76. The van der Waals surface area contributed by atoms with Gasteiger partial charge < -0.3 is 0 Å². The molecule has 6 aromatic rings. The van der Waals surface area contributed by atoms with E-state index in [9.17, 15) is 0 Å². The minimum Gasteiger partial charge on any atom is -0.113 e. The lowest BCUT2D eigenvalue weighted by Crippen LogP contribution is -2.10. The lowest BCUT2D eigenvalue weighted by molar-refractivity contribution is 1.28. The summed E-state index contributed by atoms with van der Waals surface area (Å²) in [5.74, 6) is 0. The zero-order chi connectivity index (χ0) is 38.5. The quantitative estimate of drug-likeness (QED) is 0.110. The van der Waals surface area contributed by atoms with Crippen molar-refractivity contribution in [2.24, 2.45) is 0 Å². The van der Waals surface area contributed by atoms with E-state index < -0.39 is 3.61 Å². The Kier molecular flexibility index (Phi) is 11.8. The average Bonchev–Trinajstić information content (AvgIpc) is 3.01. The lowest BCUT2D eigenvalue weighted by atomic mass is 9.89. The maximum atomic E-state index is 4.46. The van der Waals surface area contributed by atoms with Crippen LogP contribution in [0.5, 0.6) is 0 Å². The molecule has 272 valence electrons. The van der Waals surface area contributed by atoms with Crippen LogP contribution in [-0.4, -0.2) is 3.61 Å². The largest absolute Gasteiger partial charge is 0.328 e. The molecule has 6 rings (SSSR count). The van der Waals surface area contributed by atoms with Crippen molar-refractivity contribution in [1.82, 2.24) is 0 Å². The van der Waals surface area contributed by atoms with Gasteiger partial charge in [-0.05, 0) is 172 Å². The highest BCUT2D eigenvalue weighted by Gasteiger charge is 2.36. The van der Waals surface area contributed by atoms with E-state index in [1.54, 1.807) is 0 Å². The third-order valence-electron chi connectivity index (χ3n) is 10.3. The molecule has 0 amide bonds. The third-order valence-corrected chi connectivity index (χ3v) is 22.0. The molecule has 0 atom stereocenters. The van der Waals surface area contributed by atoms with E-state index in [2.05, 4.69) is 199 Å². The molecule has 6 aromatic carbocycles. The summed E-state index contributed by atoms with van der Waals surface area (Å²) in [6.07, 6.45) is 0. The zero-order valence-corrected chi connectivity index (χ0v) is 39.0. The summed E-state index contributed by atoms with van der Waals surface area (Å²) in [5.41, 5.74) is 26.2. The molecule has 0 radical (unpaired) electrons. The van der Waals surface area contributed by atoms with Crippen molar-refractivity contribution < 1.29 is 0 Å². The second-order valence-electron chi connectivity index (χ2n) is 15.1. The van der Waals surface area contributed by atoms with Crippen LogP contribution in [0.3, 0.4) is 0 Å². The van der Waals surface area contributed by atoms with Gasteiger partial charge in [0.15, 0.2) is 0 Å². The average molecular weight is 879 g/mol. The lowest BCUT2D eigenvalue weighted by Gasteiger charge is -2.27. The molecule has 0 N–H and O–H groups in total. The minimum atomic E-state index is -2.57. The standard InChI is InChI=1S/C48H50Br2S2Si/c1-27-19-31(5)43(32(6)20-27)39-15-13-16-40(44-33(7)21-28(2)22-34(44)8)47(39)51-53(49,50)52-48-41(45-35(9)23-29(3)24-36(45)10)17-14-18-42(48)46-37(11)25-30(4)26-38(46)12/h13-26H,1-12H3. The van der Waals surface area contributed by atoms with Crippen LogP contribution in [-0.2, 0) is 0 Å². The topological polar surface area (TPSA) is 0 Å². The number of aryl methyl sites for hydroxylation is 12. The molecule has 0 nitrogen and oxygen atoms in total. The molecule has 0 heterocycles. The van der Waals surface area contributed by atoms with Gasteiger partial charge in [-0.25, -0.2) is 0 Å². The molecule has 0 aliphatic heterocycles. The maximum absolute atomic E-state index is 4.46. The minimum absolute atomic E-state index is 1.29. The molecule has 0 aliphatic rings. The smallest absolute Gasteiger partial charge is 0.113 e. The molecule has 0 saturated heterocycles. The van der Waals surface area contributed by atoms with Crippen molar-refractivity contribution in [2.45, 2.75) is 92.9 Å². The Labute approximate surface area is 343 Å². The van der Waals surface area contributed by atoms with Crippen LogP contribution >= 0.6 is 53.0 Å². The second kappa shape index (κ2) is 15.7. The molecule has 0 aliphatic carbocycles. The maximum Gasteiger partial charge on any atom is 0.328 e. The predicted octanol–water partition coefficient (Wildman–Crippen LogP) is 16.2. The van der Waals surface area contributed by atoms with E-state index in [4.69, 9.17) is 0 Å². The van der Waals surface area contributed by atoms with E-state index in [1.807, 2.05) is 22.4 Å². The summed E-state index contributed by atoms with van der Waals surface area (Å²) in [7, 11) is 0. The molecule has 0 bridgehead atoms. The van der Waals surface area contributed by atoms with Crippen LogP contribution in [0.15, 0.2) is 94.7 Å². The first-order chi connectivity index (χ1) is 25.0. The van der Waals surface area contributed by atoms with Crippen molar-refractivity contribution in [3.05, 3.63) is 152 Å². The molecule has 0 fully saturated rings. The fraction of sp³-hybridized carbons (Fsp3) is 0.250. The fourth-order valence-corrected chi connectivity index (χ4v) is 21.0. The summed E-state index contributed by atoms with van der Waals surface area (Å²) in [4.78, 5) is 2.63. The van der Waals surface area contributed by atoms with E-state index in [-0.39, 0.29) is 0 Å². The van der Waals surface area contributed by atoms with Gasteiger partial charge in [-0.3, -0.25) is 0 Å². The normalized spacial score (nSPS) is 11.7. The Morgan fingerprint density at radius 2 is 0.528 bits per heavy atom. The summed E-state index contributed by atoms with van der Waals surface area (Å²) >= 11 is 12.9. The van der Waals surface area contributed by atoms with Crippen molar-refractivity contribution in [3.63, 3.8) is 0 Å². The SMILES string of the molecule is Cc1cc(C)c(-c2cccc(-c3c(C)cc(C)cc3C)c2S[Si](Br)(Br)Sc2c(-c3c(C)cc(C)cc3C)cccc2-c2c(C)cc(C)cc2C)c(C)c1.